The van der Waals surface area contributed by atoms with Crippen LogP contribution in [0.25, 0.3) is 22.2 Å². The van der Waals surface area contributed by atoms with Crippen LogP contribution in [0, 0.1) is 5.82 Å². The number of pyridine rings is 2. The SMILES string of the molecule is COc1cc(C(=O)NC[C@](C)(O)c2cc3c(c(-c4ccc(F)cc4)n2)OC[C@]3(C)C(=O)NC2CCCCC2)cc2cccnc12. The van der Waals surface area contributed by atoms with Gasteiger partial charge in [0.15, 0.2) is 0 Å². The van der Waals surface area contributed by atoms with Gasteiger partial charge in [0.05, 0.1) is 19.3 Å². The van der Waals surface area contributed by atoms with Gasteiger partial charge >= 0.3 is 0 Å². The lowest BCUT2D eigenvalue weighted by molar-refractivity contribution is -0.127. The van der Waals surface area contributed by atoms with E-state index in [9.17, 15) is 19.1 Å². The topological polar surface area (TPSA) is 123 Å². The number of nitrogens with one attached hydrogen (secondary N) is 2. The van der Waals surface area contributed by atoms with Gasteiger partial charge in [0.2, 0.25) is 5.91 Å². The van der Waals surface area contributed by atoms with E-state index in [1.54, 1.807) is 49.5 Å². The van der Waals surface area contributed by atoms with Gasteiger partial charge in [0.25, 0.3) is 5.91 Å². The highest BCUT2D eigenvalue weighted by Gasteiger charge is 2.46. The van der Waals surface area contributed by atoms with E-state index in [0.717, 1.165) is 31.1 Å². The minimum atomic E-state index is -1.65. The smallest absolute Gasteiger partial charge is 0.251 e. The first-order valence-corrected chi connectivity index (χ1v) is 15.3. The molecule has 2 aromatic carbocycles. The van der Waals surface area contributed by atoms with Crippen LogP contribution >= 0.6 is 0 Å². The first kappa shape index (κ1) is 30.5. The standard InChI is InChI=1S/C35H37FN4O5/c1-34(33(42)39-25-9-5-4-6-10-25)20-45-31-26(34)18-28(40-30(31)21-11-13-24(36)14-12-21)35(2,43)19-38-32(41)23-16-22-8-7-15-37-29(22)27(17-23)44-3/h7-8,11-18,25,43H,4-6,9-10,19-20H2,1-3H3,(H,38,41)(H,39,42)/t34-,35-/m0/s1. The van der Waals surface area contributed by atoms with Gasteiger partial charge in [0, 0.05) is 34.3 Å². The summed E-state index contributed by atoms with van der Waals surface area (Å²) in [7, 11) is 1.51. The number of amides is 2. The number of rotatable bonds is 8. The molecule has 2 atom stereocenters. The molecule has 0 saturated heterocycles. The molecule has 0 spiro atoms. The van der Waals surface area contributed by atoms with E-state index in [1.165, 1.54) is 25.7 Å². The number of nitrogens with zero attached hydrogens (tertiary/aromatic N) is 2. The molecular formula is C35H37FN4O5. The van der Waals surface area contributed by atoms with Crippen molar-refractivity contribution in [2.24, 2.45) is 0 Å². The summed E-state index contributed by atoms with van der Waals surface area (Å²) in [5.74, 6) is -0.0920. The third kappa shape index (κ3) is 5.94. The highest BCUT2D eigenvalue weighted by atomic mass is 19.1. The summed E-state index contributed by atoms with van der Waals surface area (Å²) in [6, 6.07) is 14.5. The predicted octanol–water partition coefficient (Wildman–Crippen LogP) is 5.18. The fourth-order valence-corrected chi connectivity index (χ4v) is 6.13. The summed E-state index contributed by atoms with van der Waals surface area (Å²) >= 11 is 0. The first-order valence-electron chi connectivity index (χ1n) is 15.3. The van der Waals surface area contributed by atoms with Gasteiger partial charge in [0.1, 0.15) is 46.1 Å². The van der Waals surface area contributed by atoms with E-state index in [-0.39, 0.29) is 30.8 Å². The fourth-order valence-electron chi connectivity index (χ4n) is 6.13. The van der Waals surface area contributed by atoms with Gasteiger partial charge < -0.3 is 25.2 Å². The number of carbonyl (C=O) groups is 2. The van der Waals surface area contributed by atoms with E-state index in [0.29, 0.717) is 39.4 Å². The van der Waals surface area contributed by atoms with Crippen LogP contribution in [-0.4, -0.2) is 53.2 Å². The van der Waals surface area contributed by atoms with E-state index >= 15 is 0 Å². The van der Waals surface area contributed by atoms with Crippen molar-refractivity contribution in [3.05, 3.63) is 83.4 Å². The molecule has 3 N–H and O–H groups in total. The molecule has 45 heavy (non-hydrogen) atoms. The number of carbonyl (C=O) groups excluding carboxylic acids is 2. The number of aromatic nitrogens is 2. The Bertz CT molecular complexity index is 1750. The summed E-state index contributed by atoms with van der Waals surface area (Å²) in [5, 5.41) is 18.5. The maximum absolute atomic E-state index is 13.9. The number of ether oxygens (including phenoxy) is 2. The lowest BCUT2D eigenvalue weighted by Gasteiger charge is -2.29. The van der Waals surface area contributed by atoms with Crippen LogP contribution in [0.15, 0.2) is 60.8 Å². The van der Waals surface area contributed by atoms with Gasteiger partial charge in [-0.15, -0.1) is 0 Å². The van der Waals surface area contributed by atoms with Gasteiger partial charge in [-0.1, -0.05) is 25.3 Å². The van der Waals surface area contributed by atoms with Crippen molar-refractivity contribution in [3.8, 4) is 22.8 Å². The van der Waals surface area contributed by atoms with Crippen LogP contribution in [0.4, 0.5) is 4.39 Å². The average molecular weight is 613 g/mol. The van der Waals surface area contributed by atoms with Crippen molar-refractivity contribution in [2.75, 3.05) is 20.3 Å². The lowest BCUT2D eigenvalue weighted by atomic mass is 9.81. The number of benzene rings is 2. The molecule has 2 amide bonds. The fraction of sp³-hybridized carbons (Fsp3) is 0.371. The lowest BCUT2D eigenvalue weighted by Crippen LogP contribution is -2.48. The molecule has 234 valence electrons. The van der Waals surface area contributed by atoms with Crippen LogP contribution < -0.4 is 20.1 Å². The van der Waals surface area contributed by atoms with Crippen molar-refractivity contribution in [2.45, 2.75) is 63.0 Å². The van der Waals surface area contributed by atoms with Crippen LogP contribution in [-0.2, 0) is 15.8 Å². The molecular weight excluding hydrogens is 575 g/mol. The minimum Gasteiger partial charge on any atom is -0.494 e. The summed E-state index contributed by atoms with van der Waals surface area (Å²) in [5.41, 5.74) is 0.0639. The maximum Gasteiger partial charge on any atom is 0.251 e. The Morgan fingerprint density at radius 1 is 1.13 bits per heavy atom. The van der Waals surface area contributed by atoms with Crippen molar-refractivity contribution < 1.29 is 28.6 Å². The number of hydrogen-bond donors (Lipinski definition) is 3. The molecule has 3 heterocycles. The zero-order valence-corrected chi connectivity index (χ0v) is 25.7. The highest BCUT2D eigenvalue weighted by Crippen LogP contribution is 2.46. The summed E-state index contributed by atoms with van der Waals surface area (Å²) in [6.45, 7) is 3.29. The number of aliphatic hydroxyl groups is 1. The molecule has 9 nitrogen and oxygen atoms in total. The molecule has 1 aliphatic heterocycles. The predicted molar refractivity (Wildman–Crippen MR) is 168 cm³/mol. The second-order valence-corrected chi connectivity index (χ2v) is 12.4. The molecule has 4 aromatic rings. The van der Waals surface area contributed by atoms with Gasteiger partial charge in [-0.05, 0) is 75.2 Å². The zero-order valence-electron chi connectivity index (χ0n) is 25.7. The first-order chi connectivity index (χ1) is 21.6. The molecule has 10 heteroatoms. The van der Waals surface area contributed by atoms with Crippen molar-refractivity contribution in [1.82, 2.24) is 20.6 Å². The van der Waals surface area contributed by atoms with Crippen molar-refractivity contribution in [1.29, 1.82) is 0 Å². The van der Waals surface area contributed by atoms with Gasteiger partial charge in [-0.25, -0.2) is 9.37 Å². The largest absolute Gasteiger partial charge is 0.494 e. The Kier molecular flexibility index (Phi) is 8.18. The van der Waals surface area contributed by atoms with Crippen molar-refractivity contribution in [3.63, 3.8) is 0 Å². The van der Waals surface area contributed by atoms with E-state index in [2.05, 4.69) is 15.6 Å². The summed E-state index contributed by atoms with van der Waals surface area (Å²) in [4.78, 5) is 36.2. The van der Waals surface area contributed by atoms with Crippen molar-refractivity contribution >= 4 is 22.7 Å². The number of halogens is 1. The molecule has 0 radical (unpaired) electrons. The Balaban J connectivity index is 1.32. The Morgan fingerprint density at radius 3 is 2.62 bits per heavy atom. The molecule has 2 aliphatic rings. The Labute approximate surface area is 261 Å². The molecule has 0 bridgehead atoms. The third-order valence-electron chi connectivity index (χ3n) is 8.93. The van der Waals surface area contributed by atoms with Crippen LogP contribution in [0.1, 0.15) is 67.6 Å². The number of hydrogen-bond acceptors (Lipinski definition) is 7. The Morgan fingerprint density at radius 2 is 1.89 bits per heavy atom. The van der Waals surface area contributed by atoms with Crippen LogP contribution in [0.5, 0.6) is 11.5 Å². The minimum absolute atomic E-state index is 0.0950. The normalized spacial score (nSPS) is 19.3. The van der Waals surface area contributed by atoms with Gasteiger partial charge in [-0.2, -0.15) is 0 Å². The Hall–Kier alpha value is -4.57. The number of methoxy groups -OCH3 is 1. The van der Waals surface area contributed by atoms with Crippen LogP contribution in [0.3, 0.4) is 0 Å². The highest BCUT2D eigenvalue weighted by molar-refractivity contribution is 6.00. The maximum atomic E-state index is 13.9. The molecule has 1 aliphatic carbocycles. The summed E-state index contributed by atoms with van der Waals surface area (Å²) < 4.78 is 25.4. The molecule has 2 aromatic heterocycles. The summed E-state index contributed by atoms with van der Waals surface area (Å²) in [6.07, 6.45) is 6.85. The quantitative estimate of drug-likeness (QED) is 0.251. The molecule has 0 unspecified atom stereocenters. The van der Waals surface area contributed by atoms with E-state index in [4.69, 9.17) is 14.5 Å². The van der Waals surface area contributed by atoms with E-state index in [1.807, 2.05) is 13.0 Å². The molecule has 1 fully saturated rings. The van der Waals surface area contributed by atoms with Crippen LogP contribution in [0.2, 0.25) is 0 Å². The number of fused-ring (bicyclic) bond motifs is 2. The van der Waals surface area contributed by atoms with Gasteiger partial charge in [-0.3, -0.25) is 14.6 Å². The second kappa shape index (κ2) is 12.1. The monoisotopic (exact) mass is 612 g/mol. The second-order valence-electron chi connectivity index (χ2n) is 12.4. The molecule has 1 saturated carbocycles. The molecule has 6 rings (SSSR count). The zero-order chi connectivity index (χ0) is 31.8. The van der Waals surface area contributed by atoms with E-state index < -0.39 is 22.7 Å². The third-order valence-corrected chi connectivity index (χ3v) is 8.93. The average Bonchev–Trinajstić information content (AvgIpc) is 3.41.